The average Bonchev–Trinajstić information content (AvgIpc) is 3.44. The van der Waals surface area contributed by atoms with Gasteiger partial charge in [0.1, 0.15) is 6.54 Å². The van der Waals surface area contributed by atoms with Gasteiger partial charge in [-0.25, -0.2) is 14.8 Å². The number of aliphatic carboxylic acids is 1. The molecule has 0 spiro atoms. The molecule has 1 amide bonds. The molecule has 12 nitrogen and oxygen atoms in total. The van der Waals surface area contributed by atoms with E-state index in [0.29, 0.717) is 22.2 Å². The summed E-state index contributed by atoms with van der Waals surface area (Å²) in [6, 6.07) is 15.1. The second-order valence-corrected chi connectivity index (χ2v) is 9.77. The van der Waals surface area contributed by atoms with Gasteiger partial charge in [-0.2, -0.15) is 0 Å². The third-order valence-electron chi connectivity index (χ3n) is 7.20. The maximum Gasteiger partial charge on any atom is 0.358 e. The van der Waals surface area contributed by atoms with Gasteiger partial charge < -0.3 is 34.9 Å². The van der Waals surface area contributed by atoms with Gasteiger partial charge in [0, 0.05) is 35.9 Å². The number of aromatic carboxylic acids is 1. The predicted octanol–water partition coefficient (Wildman–Crippen LogP) is 3.99. The fourth-order valence-electron chi connectivity index (χ4n) is 5.44. The Labute approximate surface area is 238 Å². The van der Waals surface area contributed by atoms with Gasteiger partial charge in [0.05, 0.1) is 33.2 Å². The molecule has 0 radical (unpaired) electrons. The van der Waals surface area contributed by atoms with Crippen LogP contribution >= 0.6 is 0 Å². The molecule has 0 unspecified atom stereocenters. The molecule has 6 aromatic rings. The molecular formula is C30H27N5O7. The Kier molecular flexibility index (Phi) is 6.90. The molecule has 4 aromatic heterocycles. The Balaban J connectivity index is 0.000000171. The van der Waals surface area contributed by atoms with Crippen LogP contribution in [0.5, 0.6) is 11.5 Å². The second-order valence-electron chi connectivity index (χ2n) is 9.77. The van der Waals surface area contributed by atoms with Crippen LogP contribution in [0, 0.1) is 13.8 Å². The van der Waals surface area contributed by atoms with Crippen molar-refractivity contribution in [2.45, 2.75) is 13.8 Å². The molecule has 6 rings (SSSR count). The smallest absolute Gasteiger partial charge is 0.358 e. The summed E-state index contributed by atoms with van der Waals surface area (Å²) in [6.45, 7) is 2.95. The third kappa shape index (κ3) is 4.38. The zero-order valence-corrected chi connectivity index (χ0v) is 23.1. The molecule has 0 fully saturated rings. The molecule has 2 aromatic carbocycles. The molecular weight excluding hydrogens is 542 g/mol. The molecule has 0 aliphatic heterocycles. The lowest BCUT2D eigenvalue weighted by molar-refractivity contribution is -0.135. The van der Waals surface area contributed by atoms with E-state index in [1.165, 1.54) is 0 Å². The van der Waals surface area contributed by atoms with E-state index in [-0.39, 0.29) is 22.9 Å². The van der Waals surface area contributed by atoms with Crippen molar-refractivity contribution in [1.82, 2.24) is 24.4 Å². The van der Waals surface area contributed by atoms with Gasteiger partial charge in [-0.3, -0.25) is 9.59 Å². The van der Waals surface area contributed by atoms with Crippen LogP contribution in [0.1, 0.15) is 32.4 Å². The van der Waals surface area contributed by atoms with Crippen molar-refractivity contribution in [3.05, 3.63) is 71.3 Å². The van der Waals surface area contributed by atoms with Crippen molar-refractivity contribution >= 4 is 61.5 Å². The van der Waals surface area contributed by atoms with Crippen LogP contribution < -0.4 is 5.32 Å². The summed E-state index contributed by atoms with van der Waals surface area (Å²) in [6.07, 6.45) is 0. The van der Waals surface area contributed by atoms with Crippen LogP contribution in [0.3, 0.4) is 0 Å². The van der Waals surface area contributed by atoms with Crippen molar-refractivity contribution in [1.29, 1.82) is 0 Å². The Morgan fingerprint density at radius 3 is 1.62 bits per heavy atom. The standard InChI is InChI=1S/C16H15N3O4.C14H12N2O3/c1-8-14-12(9-5-3-4-6-10(9)19(14)2)15(22)13(18-8)16(23)17-7-11(20)21;1-7-12-10(13(17)11(15-7)14(18)19)8-5-3-4-6-9(8)16(12)2/h3-6,22H,7H2,1-2H3,(H,17,23)(H,20,21);3-6,17H,1-2H3,(H,18,19). The molecule has 0 saturated heterocycles. The maximum absolute atomic E-state index is 12.1. The number of rotatable bonds is 4. The van der Waals surface area contributed by atoms with Crippen LogP contribution in [0.2, 0.25) is 0 Å². The predicted molar refractivity (Wildman–Crippen MR) is 156 cm³/mol. The van der Waals surface area contributed by atoms with Crippen LogP contribution in [0.25, 0.3) is 43.6 Å². The third-order valence-corrected chi connectivity index (χ3v) is 7.20. The minimum Gasteiger partial charge on any atom is -0.505 e. The van der Waals surface area contributed by atoms with Gasteiger partial charge in [0.2, 0.25) is 0 Å². The zero-order chi connectivity index (χ0) is 30.5. The number of aryl methyl sites for hydroxylation is 4. The van der Waals surface area contributed by atoms with Crippen LogP contribution in [0.15, 0.2) is 48.5 Å². The van der Waals surface area contributed by atoms with Crippen LogP contribution in [-0.2, 0) is 18.9 Å². The van der Waals surface area contributed by atoms with Gasteiger partial charge in [0.25, 0.3) is 5.91 Å². The van der Waals surface area contributed by atoms with Crippen molar-refractivity contribution in [3.8, 4) is 11.5 Å². The maximum atomic E-state index is 12.1. The molecule has 0 aliphatic carbocycles. The van der Waals surface area contributed by atoms with E-state index in [1.807, 2.05) is 71.8 Å². The molecule has 0 saturated carbocycles. The Bertz CT molecular complexity index is 2090. The Morgan fingerprint density at radius 1 is 0.738 bits per heavy atom. The van der Waals surface area contributed by atoms with Crippen LogP contribution in [-0.4, -0.2) is 63.9 Å². The number of carbonyl (C=O) groups is 3. The first kappa shape index (κ1) is 27.9. The van der Waals surface area contributed by atoms with Gasteiger partial charge in [-0.15, -0.1) is 0 Å². The second kappa shape index (κ2) is 10.4. The number of nitrogens with zero attached hydrogens (tertiary/aromatic N) is 4. The van der Waals surface area contributed by atoms with Crippen molar-refractivity contribution in [2.75, 3.05) is 6.54 Å². The minimum absolute atomic E-state index is 0.174. The molecule has 5 N–H and O–H groups in total. The van der Waals surface area contributed by atoms with E-state index in [4.69, 9.17) is 10.2 Å². The monoisotopic (exact) mass is 569 g/mol. The number of amides is 1. The number of nitrogens with one attached hydrogen (secondary N) is 1. The fourth-order valence-corrected chi connectivity index (χ4v) is 5.44. The number of para-hydroxylation sites is 2. The first-order valence-electron chi connectivity index (χ1n) is 12.8. The quantitative estimate of drug-likeness (QED) is 0.210. The topological polar surface area (TPSA) is 180 Å². The summed E-state index contributed by atoms with van der Waals surface area (Å²) in [4.78, 5) is 42.0. The first-order valence-corrected chi connectivity index (χ1v) is 12.8. The summed E-state index contributed by atoms with van der Waals surface area (Å²) in [5.41, 5.74) is 4.02. The van der Waals surface area contributed by atoms with Crippen LogP contribution in [0.4, 0.5) is 0 Å². The molecule has 214 valence electrons. The molecule has 12 heteroatoms. The van der Waals surface area contributed by atoms with E-state index < -0.39 is 24.4 Å². The highest BCUT2D eigenvalue weighted by molar-refractivity contribution is 6.15. The lowest BCUT2D eigenvalue weighted by Crippen LogP contribution is -2.30. The highest BCUT2D eigenvalue weighted by atomic mass is 16.4. The number of aromatic nitrogens is 4. The Hall–Kier alpha value is -5.65. The van der Waals surface area contributed by atoms with E-state index >= 15 is 0 Å². The number of carboxylic acid groups (broad SMARTS) is 2. The number of hydrogen-bond donors (Lipinski definition) is 5. The summed E-state index contributed by atoms with van der Waals surface area (Å²) >= 11 is 0. The van der Waals surface area contributed by atoms with E-state index in [2.05, 4.69) is 15.3 Å². The van der Waals surface area contributed by atoms with Gasteiger partial charge in [-0.05, 0) is 26.0 Å². The van der Waals surface area contributed by atoms with Gasteiger partial charge in [0.15, 0.2) is 22.9 Å². The number of carboxylic acids is 2. The number of carbonyl (C=O) groups excluding carboxylic acids is 1. The number of pyridine rings is 2. The van der Waals surface area contributed by atoms with Crippen molar-refractivity contribution in [3.63, 3.8) is 0 Å². The van der Waals surface area contributed by atoms with Gasteiger partial charge in [-0.1, -0.05) is 36.4 Å². The van der Waals surface area contributed by atoms with E-state index in [1.54, 1.807) is 13.8 Å². The molecule has 4 heterocycles. The first-order chi connectivity index (χ1) is 19.9. The van der Waals surface area contributed by atoms with E-state index in [9.17, 15) is 24.6 Å². The highest BCUT2D eigenvalue weighted by Gasteiger charge is 2.23. The number of fused-ring (bicyclic) bond motifs is 6. The minimum atomic E-state index is -1.23. The van der Waals surface area contributed by atoms with E-state index in [0.717, 1.165) is 32.8 Å². The summed E-state index contributed by atoms with van der Waals surface area (Å²) in [5.74, 6) is -3.63. The van der Waals surface area contributed by atoms with Crippen molar-refractivity contribution < 1.29 is 34.8 Å². The normalized spacial score (nSPS) is 11.1. The number of aromatic hydroxyl groups is 2. The fraction of sp³-hybridized carbons (Fsp3) is 0.167. The van der Waals surface area contributed by atoms with Crippen molar-refractivity contribution in [2.24, 2.45) is 14.1 Å². The number of hydrogen-bond acceptors (Lipinski definition) is 7. The average molecular weight is 570 g/mol. The number of benzene rings is 2. The lowest BCUT2D eigenvalue weighted by Gasteiger charge is -2.08. The molecule has 42 heavy (non-hydrogen) atoms. The largest absolute Gasteiger partial charge is 0.505 e. The zero-order valence-electron chi connectivity index (χ0n) is 23.1. The Morgan fingerprint density at radius 2 is 1.17 bits per heavy atom. The lowest BCUT2D eigenvalue weighted by atomic mass is 10.1. The summed E-state index contributed by atoms with van der Waals surface area (Å²) in [5, 5.41) is 43.4. The summed E-state index contributed by atoms with van der Waals surface area (Å²) < 4.78 is 3.82. The summed E-state index contributed by atoms with van der Waals surface area (Å²) in [7, 11) is 3.74. The molecule has 0 bridgehead atoms. The van der Waals surface area contributed by atoms with Gasteiger partial charge >= 0.3 is 11.9 Å². The highest BCUT2D eigenvalue weighted by Crippen LogP contribution is 2.38. The molecule has 0 aliphatic rings. The SMILES string of the molecule is Cc1nc(C(=O)NCC(=O)O)c(O)c2c3ccccc3n(C)c12.Cc1nc(C(=O)O)c(O)c2c3ccccc3n(C)c12. The molecule has 0 atom stereocenters.